The lowest BCUT2D eigenvalue weighted by molar-refractivity contribution is -0.130. The molecule has 0 N–H and O–H groups in total. The molecule has 2 aromatic rings. The van der Waals surface area contributed by atoms with Gasteiger partial charge in [0.2, 0.25) is 5.91 Å². The third-order valence-electron chi connectivity index (χ3n) is 4.78. The highest BCUT2D eigenvalue weighted by molar-refractivity contribution is 8.00. The SMILES string of the molecule is Cc1nc2ccccc2nc1S[C@@H]1CCN(C2CCOCC2)C1=O. The second kappa shape index (κ2) is 6.69. The number of fused-ring (bicyclic) bond motifs is 1. The van der Waals surface area contributed by atoms with Crippen molar-refractivity contribution in [2.24, 2.45) is 0 Å². The normalized spacial score (nSPS) is 22.5. The van der Waals surface area contributed by atoms with Crippen LogP contribution in [0.1, 0.15) is 25.0 Å². The Morgan fingerprint density at radius 3 is 2.58 bits per heavy atom. The van der Waals surface area contributed by atoms with Gasteiger partial charge in [0.1, 0.15) is 5.03 Å². The van der Waals surface area contributed by atoms with Gasteiger partial charge in [-0.15, -0.1) is 0 Å². The maximum Gasteiger partial charge on any atom is 0.236 e. The third kappa shape index (κ3) is 3.00. The number of thioether (sulfide) groups is 1. The van der Waals surface area contributed by atoms with E-state index in [0.717, 1.165) is 60.8 Å². The number of aryl methyl sites for hydroxylation is 1. The summed E-state index contributed by atoms with van der Waals surface area (Å²) in [6, 6.07) is 8.22. The summed E-state index contributed by atoms with van der Waals surface area (Å²) >= 11 is 1.57. The summed E-state index contributed by atoms with van der Waals surface area (Å²) in [7, 11) is 0. The van der Waals surface area contributed by atoms with E-state index >= 15 is 0 Å². The van der Waals surface area contributed by atoms with Crippen molar-refractivity contribution in [2.75, 3.05) is 19.8 Å². The number of hydrogen-bond acceptors (Lipinski definition) is 5. The van der Waals surface area contributed by atoms with Crippen LogP contribution in [0.25, 0.3) is 11.0 Å². The summed E-state index contributed by atoms with van der Waals surface area (Å²) < 4.78 is 5.41. The summed E-state index contributed by atoms with van der Waals surface area (Å²) in [5.74, 6) is 0.251. The van der Waals surface area contributed by atoms with Gasteiger partial charge in [0.05, 0.1) is 22.0 Å². The zero-order valence-corrected chi connectivity index (χ0v) is 14.6. The van der Waals surface area contributed by atoms with Crippen molar-refractivity contribution in [2.45, 2.75) is 42.5 Å². The quantitative estimate of drug-likeness (QED) is 0.858. The molecule has 0 bridgehead atoms. The Balaban J connectivity index is 1.51. The first-order chi connectivity index (χ1) is 11.7. The molecule has 24 heavy (non-hydrogen) atoms. The molecule has 5 nitrogen and oxygen atoms in total. The fourth-order valence-corrected chi connectivity index (χ4v) is 4.56. The van der Waals surface area contributed by atoms with Gasteiger partial charge in [-0.1, -0.05) is 23.9 Å². The Morgan fingerprint density at radius 2 is 1.83 bits per heavy atom. The van der Waals surface area contributed by atoms with E-state index < -0.39 is 0 Å². The molecular formula is C18H21N3O2S. The minimum absolute atomic E-state index is 0.0398. The van der Waals surface area contributed by atoms with Crippen LogP contribution in [-0.2, 0) is 9.53 Å². The molecule has 0 saturated carbocycles. The summed E-state index contributed by atoms with van der Waals surface area (Å²) in [4.78, 5) is 24.2. The molecule has 1 atom stereocenters. The highest BCUT2D eigenvalue weighted by Crippen LogP contribution is 2.33. The average molecular weight is 343 g/mol. The molecule has 2 saturated heterocycles. The number of hydrogen-bond donors (Lipinski definition) is 0. The maximum atomic E-state index is 12.8. The third-order valence-corrected chi connectivity index (χ3v) is 6.11. The van der Waals surface area contributed by atoms with E-state index in [2.05, 4.69) is 9.88 Å². The first-order valence-electron chi connectivity index (χ1n) is 8.50. The molecule has 0 spiro atoms. The monoisotopic (exact) mass is 343 g/mol. The van der Waals surface area contributed by atoms with Gasteiger partial charge in [0, 0.05) is 25.8 Å². The number of carbonyl (C=O) groups excluding carboxylic acids is 1. The zero-order chi connectivity index (χ0) is 16.5. The van der Waals surface area contributed by atoms with Crippen molar-refractivity contribution in [1.29, 1.82) is 0 Å². The number of carbonyl (C=O) groups is 1. The summed E-state index contributed by atoms with van der Waals surface area (Å²) in [5, 5.41) is 0.836. The number of nitrogens with zero attached hydrogens (tertiary/aromatic N) is 3. The van der Waals surface area contributed by atoms with Gasteiger partial charge in [0.25, 0.3) is 0 Å². The van der Waals surface area contributed by atoms with Gasteiger partial charge in [-0.3, -0.25) is 4.79 Å². The average Bonchev–Trinajstić information content (AvgIpc) is 2.97. The largest absolute Gasteiger partial charge is 0.381 e. The second-order valence-corrected chi connectivity index (χ2v) is 7.56. The van der Waals surface area contributed by atoms with Crippen LogP contribution in [0.3, 0.4) is 0 Å². The van der Waals surface area contributed by atoms with Gasteiger partial charge >= 0.3 is 0 Å². The lowest BCUT2D eigenvalue weighted by atomic mass is 10.1. The molecule has 2 aliphatic heterocycles. The van der Waals surface area contributed by atoms with E-state index in [0.29, 0.717) is 6.04 Å². The molecule has 3 heterocycles. The molecule has 1 amide bonds. The van der Waals surface area contributed by atoms with Gasteiger partial charge < -0.3 is 9.64 Å². The van der Waals surface area contributed by atoms with Crippen molar-refractivity contribution in [3.8, 4) is 0 Å². The van der Waals surface area contributed by atoms with Gasteiger partial charge in [-0.25, -0.2) is 9.97 Å². The fourth-order valence-electron chi connectivity index (χ4n) is 3.46. The smallest absolute Gasteiger partial charge is 0.236 e. The first kappa shape index (κ1) is 15.8. The van der Waals surface area contributed by atoms with Crippen molar-refractivity contribution in [3.05, 3.63) is 30.0 Å². The zero-order valence-electron chi connectivity index (χ0n) is 13.8. The van der Waals surface area contributed by atoms with Gasteiger partial charge in [-0.2, -0.15) is 0 Å². The van der Waals surface area contributed by atoms with E-state index in [9.17, 15) is 4.79 Å². The molecule has 2 aliphatic rings. The van der Waals surface area contributed by atoms with E-state index in [1.54, 1.807) is 11.8 Å². The van der Waals surface area contributed by atoms with E-state index in [-0.39, 0.29) is 11.2 Å². The van der Waals surface area contributed by atoms with Crippen LogP contribution in [0.5, 0.6) is 0 Å². The number of para-hydroxylation sites is 2. The molecule has 2 fully saturated rings. The molecule has 126 valence electrons. The molecule has 1 aromatic heterocycles. The molecule has 1 aromatic carbocycles. The van der Waals surface area contributed by atoms with E-state index in [1.807, 2.05) is 31.2 Å². The van der Waals surface area contributed by atoms with Crippen LogP contribution in [0.4, 0.5) is 0 Å². The Hall–Kier alpha value is -1.66. The minimum atomic E-state index is -0.0398. The lowest BCUT2D eigenvalue weighted by Gasteiger charge is -2.31. The maximum absolute atomic E-state index is 12.8. The second-order valence-electron chi connectivity index (χ2n) is 6.37. The fraction of sp³-hybridized carbons (Fsp3) is 0.500. The molecule has 0 aliphatic carbocycles. The number of aromatic nitrogens is 2. The van der Waals surface area contributed by atoms with Crippen LogP contribution in [0.15, 0.2) is 29.3 Å². The Kier molecular flexibility index (Phi) is 4.41. The highest BCUT2D eigenvalue weighted by atomic mass is 32.2. The first-order valence-corrected chi connectivity index (χ1v) is 9.38. The predicted octanol–water partition coefficient (Wildman–Crippen LogP) is 2.81. The van der Waals surface area contributed by atoms with Crippen LogP contribution < -0.4 is 0 Å². The number of benzene rings is 1. The van der Waals surface area contributed by atoms with Crippen molar-refractivity contribution < 1.29 is 9.53 Å². The Bertz CT molecular complexity index is 761. The van der Waals surface area contributed by atoms with Gasteiger partial charge in [-0.05, 0) is 38.3 Å². The summed E-state index contributed by atoms with van der Waals surface area (Å²) in [6.07, 6.45) is 2.80. The number of rotatable bonds is 3. The molecule has 6 heteroatoms. The summed E-state index contributed by atoms with van der Waals surface area (Å²) in [6.45, 7) is 4.35. The van der Waals surface area contributed by atoms with Crippen molar-refractivity contribution in [1.82, 2.24) is 14.9 Å². The van der Waals surface area contributed by atoms with Crippen LogP contribution in [0.2, 0.25) is 0 Å². The number of likely N-dealkylation sites (tertiary alicyclic amines) is 1. The molecular weight excluding hydrogens is 322 g/mol. The summed E-state index contributed by atoms with van der Waals surface area (Å²) in [5.41, 5.74) is 2.69. The van der Waals surface area contributed by atoms with Crippen LogP contribution in [0, 0.1) is 6.92 Å². The molecule has 4 rings (SSSR count). The number of amides is 1. The molecule has 0 radical (unpaired) electrons. The predicted molar refractivity (Wildman–Crippen MR) is 94.1 cm³/mol. The Labute approximate surface area is 145 Å². The topological polar surface area (TPSA) is 55.3 Å². The van der Waals surface area contributed by atoms with E-state index in [1.165, 1.54) is 0 Å². The van der Waals surface area contributed by atoms with Gasteiger partial charge in [0.15, 0.2) is 0 Å². The lowest BCUT2D eigenvalue weighted by Crippen LogP contribution is -2.41. The van der Waals surface area contributed by atoms with Crippen molar-refractivity contribution >= 4 is 28.7 Å². The minimum Gasteiger partial charge on any atom is -0.381 e. The Morgan fingerprint density at radius 1 is 1.12 bits per heavy atom. The van der Waals surface area contributed by atoms with Crippen LogP contribution in [-0.4, -0.2) is 51.8 Å². The highest BCUT2D eigenvalue weighted by Gasteiger charge is 2.37. The van der Waals surface area contributed by atoms with E-state index in [4.69, 9.17) is 9.72 Å². The number of ether oxygens (including phenoxy) is 1. The molecule has 0 unspecified atom stereocenters. The van der Waals surface area contributed by atoms with Crippen LogP contribution >= 0.6 is 11.8 Å². The van der Waals surface area contributed by atoms with Crippen molar-refractivity contribution in [3.63, 3.8) is 0 Å². The standard InChI is InChI=1S/C18H21N3O2S/c1-12-17(20-15-5-3-2-4-14(15)19-12)24-16-6-9-21(18(16)22)13-7-10-23-11-8-13/h2-5,13,16H,6-11H2,1H3/t16-/m1/s1.